The molecule has 0 unspecified atom stereocenters. The highest BCUT2D eigenvalue weighted by Gasteiger charge is 2.19. The number of nitrogens with one attached hydrogen (secondary N) is 1. The van der Waals surface area contributed by atoms with Crippen molar-refractivity contribution < 1.29 is 9.72 Å². The Balaban J connectivity index is 1.58. The highest BCUT2D eigenvalue weighted by atomic mass is 35.5. The van der Waals surface area contributed by atoms with E-state index in [0.29, 0.717) is 5.69 Å². The molecule has 0 spiro atoms. The van der Waals surface area contributed by atoms with Crippen molar-refractivity contribution in [3.8, 4) is 11.1 Å². The zero-order chi connectivity index (χ0) is 18.3. The second-order valence-electron chi connectivity index (χ2n) is 6.08. The molecule has 3 aromatic rings. The molecular weight excluding hydrogens is 352 g/mol. The molecule has 5 nitrogen and oxygen atoms in total. The zero-order valence-corrected chi connectivity index (χ0v) is 14.3. The summed E-state index contributed by atoms with van der Waals surface area (Å²) >= 11 is 6.02. The van der Waals surface area contributed by atoms with E-state index in [9.17, 15) is 14.9 Å². The Bertz CT molecular complexity index is 1060. The molecule has 6 heteroatoms. The van der Waals surface area contributed by atoms with Crippen molar-refractivity contribution in [2.24, 2.45) is 0 Å². The van der Waals surface area contributed by atoms with E-state index in [1.807, 2.05) is 30.3 Å². The van der Waals surface area contributed by atoms with Gasteiger partial charge in [0, 0.05) is 17.8 Å². The summed E-state index contributed by atoms with van der Waals surface area (Å²) in [4.78, 5) is 22.7. The van der Waals surface area contributed by atoms with Gasteiger partial charge >= 0.3 is 0 Å². The van der Waals surface area contributed by atoms with Crippen LogP contribution in [0.2, 0.25) is 5.02 Å². The summed E-state index contributed by atoms with van der Waals surface area (Å²) in [5, 5.41) is 13.6. The normalized spacial score (nSPS) is 11.6. The number of nitrogens with zero attached hydrogens (tertiary/aromatic N) is 1. The average Bonchev–Trinajstić information content (AvgIpc) is 2.99. The van der Waals surface area contributed by atoms with Gasteiger partial charge in [-0.05, 0) is 46.9 Å². The number of anilines is 1. The monoisotopic (exact) mass is 364 g/mol. The summed E-state index contributed by atoms with van der Waals surface area (Å²) < 4.78 is 0. The number of fused-ring (bicyclic) bond motifs is 3. The SMILES string of the molecule is O=C(Nc1ccc2c(c1)Cc1ccccc1-2)c1ccc([N+](=O)[O-])cc1Cl. The van der Waals surface area contributed by atoms with Crippen molar-refractivity contribution in [3.05, 3.63) is 92.5 Å². The van der Waals surface area contributed by atoms with E-state index >= 15 is 0 Å². The molecule has 0 aliphatic heterocycles. The van der Waals surface area contributed by atoms with Crippen molar-refractivity contribution in [1.82, 2.24) is 0 Å². The van der Waals surface area contributed by atoms with Crippen molar-refractivity contribution in [2.75, 3.05) is 5.32 Å². The summed E-state index contributed by atoms with van der Waals surface area (Å²) in [6.07, 6.45) is 0.827. The largest absolute Gasteiger partial charge is 0.322 e. The number of carbonyl (C=O) groups is 1. The number of carbonyl (C=O) groups excluding carboxylic acids is 1. The van der Waals surface area contributed by atoms with Crippen LogP contribution in [0, 0.1) is 10.1 Å². The number of halogens is 1. The molecule has 0 atom stereocenters. The number of non-ortho nitro benzene ring substituents is 1. The number of hydrogen-bond donors (Lipinski definition) is 1. The third-order valence-electron chi connectivity index (χ3n) is 4.46. The lowest BCUT2D eigenvalue weighted by atomic mass is 10.1. The Morgan fingerprint density at radius 3 is 2.54 bits per heavy atom. The first-order valence-electron chi connectivity index (χ1n) is 7.99. The van der Waals surface area contributed by atoms with Crippen LogP contribution in [0.5, 0.6) is 0 Å². The number of rotatable bonds is 3. The molecule has 0 saturated carbocycles. The van der Waals surface area contributed by atoms with Crippen LogP contribution >= 0.6 is 11.6 Å². The van der Waals surface area contributed by atoms with Gasteiger partial charge < -0.3 is 5.32 Å². The number of benzene rings is 3. The van der Waals surface area contributed by atoms with Gasteiger partial charge in [0.25, 0.3) is 11.6 Å². The van der Waals surface area contributed by atoms with Gasteiger partial charge in [-0.2, -0.15) is 0 Å². The van der Waals surface area contributed by atoms with Crippen molar-refractivity contribution >= 4 is 28.9 Å². The summed E-state index contributed by atoms with van der Waals surface area (Å²) in [6, 6.07) is 17.8. The van der Waals surface area contributed by atoms with Crippen LogP contribution in [0.1, 0.15) is 21.5 Å². The second kappa shape index (κ2) is 6.28. The highest BCUT2D eigenvalue weighted by Crippen LogP contribution is 2.37. The van der Waals surface area contributed by atoms with E-state index in [-0.39, 0.29) is 16.3 Å². The standard InChI is InChI=1S/C20H13ClN2O3/c21-19-11-15(23(25)26)6-8-18(19)20(24)22-14-5-7-17-13(10-14)9-12-3-1-2-4-16(12)17/h1-8,10-11H,9H2,(H,22,24). The third-order valence-corrected chi connectivity index (χ3v) is 4.77. The molecule has 0 bridgehead atoms. The van der Waals surface area contributed by atoms with Crippen LogP contribution in [-0.2, 0) is 6.42 Å². The van der Waals surface area contributed by atoms with Gasteiger partial charge in [-0.25, -0.2) is 0 Å². The minimum atomic E-state index is -0.550. The van der Waals surface area contributed by atoms with Gasteiger partial charge in [0.2, 0.25) is 0 Å². The predicted molar refractivity (Wildman–Crippen MR) is 101 cm³/mol. The molecule has 1 amide bonds. The first-order valence-corrected chi connectivity index (χ1v) is 8.37. The lowest BCUT2D eigenvalue weighted by Crippen LogP contribution is -2.12. The topological polar surface area (TPSA) is 72.2 Å². The minimum absolute atomic E-state index is 0.0465. The maximum absolute atomic E-state index is 12.5. The molecule has 0 saturated heterocycles. The maximum Gasteiger partial charge on any atom is 0.270 e. The molecule has 26 heavy (non-hydrogen) atoms. The summed E-state index contributed by atoms with van der Waals surface area (Å²) in [5.41, 5.74) is 5.52. The Morgan fingerprint density at radius 1 is 1.00 bits per heavy atom. The van der Waals surface area contributed by atoms with Crippen molar-refractivity contribution in [2.45, 2.75) is 6.42 Å². The summed E-state index contributed by atoms with van der Waals surface area (Å²) in [6.45, 7) is 0. The maximum atomic E-state index is 12.5. The van der Waals surface area contributed by atoms with E-state index < -0.39 is 10.8 Å². The molecule has 4 rings (SSSR count). The van der Waals surface area contributed by atoms with Crippen LogP contribution in [0.3, 0.4) is 0 Å². The van der Waals surface area contributed by atoms with Gasteiger partial charge in [0.1, 0.15) is 0 Å². The number of hydrogen-bond acceptors (Lipinski definition) is 3. The third kappa shape index (κ3) is 2.82. The van der Waals surface area contributed by atoms with E-state index in [1.165, 1.54) is 34.9 Å². The number of amides is 1. The van der Waals surface area contributed by atoms with Gasteiger partial charge in [-0.15, -0.1) is 0 Å². The fourth-order valence-corrected chi connectivity index (χ4v) is 3.48. The minimum Gasteiger partial charge on any atom is -0.322 e. The lowest BCUT2D eigenvalue weighted by Gasteiger charge is -2.09. The van der Waals surface area contributed by atoms with Gasteiger partial charge in [-0.1, -0.05) is 41.9 Å². The molecule has 1 aliphatic rings. The van der Waals surface area contributed by atoms with E-state index in [0.717, 1.165) is 12.0 Å². The van der Waals surface area contributed by atoms with Crippen LogP contribution in [0.4, 0.5) is 11.4 Å². The smallest absolute Gasteiger partial charge is 0.270 e. The molecule has 1 aliphatic carbocycles. The van der Waals surface area contributed by atoms with E-state index in [2.05, 4.69) is 17.4 Å². The van der Waals surface area contributed by atoms with Crippen LogP contribution in [0.25, 0.3) is 11.1 Å². The van der Waals surface area contributed by atoms with Crippen LogP contribution in [0.15, 0.2) is 60.7 Å². The molecular formula is C20H13ClN2O3. The highest BCUT2D eigenvalue weighted by molar-refractivity contribution is 6.34. The Morgan fingerprint density at radius 2 is 1.77 bits per heavy atom. The molecule has 0 aromatic heterocycles. The Labute approximate surface area is 154 Å². The van der Waals surface area contributed by atoms with Crippen LogP contribution in [-0.4, -0.2) is 10.8 Å². The fourth-order valence-electron chi connectivity index (χ4n) is 3.22. The number of nitro groups is 1. The van der Waals surface area contributed by atoms with Gasteiger partial charge in [0.15, 0.2) is 0 Å². The second-order valence-corrected chi connectivity index (χ2v) is 6.49. The first kappa shape index (κ1) is 16.3. The van der Waals surface area contributed by atoms with E-state index in [1.54, 1.807) is 0 Å². The Kier molecular flexibility index (Phi) is 3.93. The fraction of sp³-hybridized carbons (Fsp3) is 0.0500. The lowest BCUT2D eigenvalue weighted by molar-refractivity contribution is -0.384. The van der Waals surface area contributed by atoms with E-state index in [4.69, 9.17) is 11.6 Å². The first-order chi connectivity index (χ1) is 12.5. The number of nitro benzene ring substituents is 1. The Hall–Kier alpha value is -3.18. The molecule has 3 aromatic carbocycles. The summed E-state index contributed by atoms with van der Waals surface area (Å²) in [5.74, 6) is -0.402. The van der Waals surface area contributed by atoms with Crippen molar-refractivity contribution in [1.29, 1.82) is 0 Å². The molecule has 128 valence electrons. The average molecular weight is 365 g/mol. The van der Waals surface area contributed by atoms with Crippen LogP contribution < -0.4 is 5.32 Å². The molecule has 0 heterocycles. The van der Waals surface area contributed by atoms with Gasteiger partial charge in [-0.3, -0.25) is 14.9 Å². The zero-order valence-electron chi connectivity index (χ0n) is 13.5. The predicted octanol–water partition coefficient (Wildman–Crippen LogP) is 5.07. The quantitative estimate of drug-likeness (QED) is 0.407. The van der Waals surface area contributed by atoms with Crippen molar-refractivity contribution in [3.63, 3.8) is 0 Å². The molecule has 0 radical (unpaired) electrons. The molecule has 1 N–H and O–H groups in total. The van der Waals surface area contributed by atoms with Gasteiger partial charge in [0.05, 0.1) is 15.5 Å². The summed E-state index contributed by atoms with van der Waals surface area (Å²) in [7, 11) is 0. The molecule has 0 fully saturated rings.